The topological polar surface area (TPSA) is 52.6 Å². The van der Waals surface area contributed by atoms with Gasteiger partial charge in [0.2, 0.25) is 0 Å². The van der Waals surface area contributed by atoms with Crippen LogP contribution in [0.3, 0.4) is 0 Å². The van der Waals surface area contributed by atoms with Crippen LogP contribution in [-0.2, 0) is 19.1 Å². The monoisotopic (exact) mass is 222 g/mol. The van der Waals surface area contributed by atoms with Crippen LogP contribution >= 0.6 is 23.5 Å². The summed E-state index contributed by atoms with van der Waals surface area (Å²) in [6, 6.07) is 0. The molecule has 1 rings (SSSR count). The quantitative estimate of drug-likeness (QED) is 0.634. The molecule has 1 heterocycles. The molecule has 74 valence electrons. The lowest BCUT2D eigenvalue weighted by atomic mass is 10.3. The Kier molecular flexibility index (Phi) is 3.92. The first-order valence-corrected chi connectivity index (χ1v) is 5.69. The zero-order valence-electron chi connectivity index (χ0n) is 7.31. The van der Waals surface area contributed by atoms with Crippen LogP contribution in [0.15, 0.2) is 0 Å². The summed E-state index contributed by atoms with van der Waals surface area (Å²) in [5.41, 5.74) is 0. The van der Waals surface area contributed by atoms with Crippen molar-refractivity contribution in [2.24, 2.45) is 0 Å². The van der Waals surface area contributed by atoms with Crippen molar-refractivity contribution in [3.8, 4) is 0 Å². The lowest BCUT2D eigenvalue weighted by Crippen LogP contribution is -2.33. The van der Waals surface area contributed by atoms with Crippen molar-refractivity contribution < 1.29 is 19.1 Å². The zero-order valence-corrected chi connectivity index (χ0v) is 8.94. The van der Waals surface area contributed by atoms with Crippen LogP contribution in [0.5, 0.6) is 0 Å². The minimum atomic E-state index is -0.414. The Labute approximate surface area is 84.7 Å². The van der Waals surface area contributed by atoms with Gasteiger partial charge in [-0.05, 0) is 0 Å². The van der Waals surface area contributed by atoms with E-state index in [9.17, 15) is 9.59 Å². The number of carbonyl (C=O) groups is 2. The van der Waals surface area contributed by atoms with Gasteiger partial charge in [0.15, 0.2) is 0 Å². The van der Waals surface area contributed by atoms with Crippen molar-refractivity contribution in [1.82, 2.24) is 0 Å². The van der Waals surface area contributed by atoms with Crippen molar-refractivity contribution in [2.75, 3.05) is 19.3 Å². The van der Waals surface area contributed by atoms with Crippen LogP contribution in [-0.4, -0.2) is 41.7 Å². The molecule has 0 radical (unpaired) electrons. The smallest absolute Gasteiger partial charge is 0.320 e. The summed E-state index contributed by atoms with van der Waals surface area (Å²) in [6.07, 6.45) is 0. The summed E-state index contributed by atoms with van der Waals surface area (Å²) < 4.78 is 9.16. The SMILES string of the molecule is COC(=O)[C@H]1SCS[C@H]1C(=O)OC. The van der Waals surface area contributed by atoms with Gasteiger partial charge in [-0.15, -0.1) is 23.5 Å². The third-order valence-corrected chi connectivity index (χ3v) is 4.55. The van der Waals surface area contributed by atoms with Gasteiger partial charge in [0.25, 0.3) is 0 Å². The average molecular weight is 222 g/mol. The highest BCUT2D eigenvalue weighted by molar-refractivity contribution is 8.20. The molecule has 0 aromatic heterocycles. The largest absolute Gasteiger partial charge is 0.468 e. The number of carbonyl (C=O) groups excluding carboxylic acids is 2. The fourth-order valence-electron chi connectivity index (χ4n) is 0.976. The van der Waals surface area contributed by atoms with E-state index in [4.69, 9.17) is 0 Å². The maximum atomic E-state index is 11.2. The lowest BCUT2D eigenvalue weighted by molar-refractivity contribution is -0.145. The number of esters is 2. The van der Waals surface area contributed by atoms with Gasteiger partial charge in [0, 0.05) is 5.08 Å². The highest BCUT2D eigenvalue weighted by atomic mass is 32.2. The first kappa shape index (κ1) is 10.7. The Morgan fingerprint density at radius 1 is 1.08 bits per heavy atom. The predicted octanol–water partition coefficient (Wildman–Crippen LogP) is 0.507. The van der Waals surface area contributed by atoms with E-state index in [0.29, 0.717) is 0 Å². The molecule has 6 heteroatoms. The summed E-state index contributed by atoms with van der Waals surface area (Å²) in [4.78, 5) is 22.4. The minimum Gasteiger partial charge on any atom is -0.468 e. The van der Waals surface area contributed by atoms with Crippen molar-refractivity contribution in [3.05, 3.63) is 0 Å². The molecule has 0 amide bonds. The normalized spacial score (nSPS) is 26.9. The van der Waals surface area contributed by atoms with Crippen LogP contribution in [0.2, 0.25) is 0 Å². The molecule has 1 fully saturated rings. The highest BCUT2D eigenvalue weighted by Crippen LogP contribution is 2.37. The van der Waals surface area contributed by atoms with Crippen molar-refractivity contribution in [1.29, 1.82) is 0 Å². The van der Waals surface area contributed by atoms with Gasteiger partial charge < -0.3 is 9.47 Å². The number of thioether (sulfide) groups is 2. The fraction of sp³-hybridized carbons (Fsp3) is 0.714. The third-order valence-electron chi connectivity index (χ3n) is 1.64. The molecule has 0 saturated carbocycles. The maximum Gasteiger partial charge on any atom is 0.320 e. The predicted molar refractivity (Wildman–Crippen MR) is 51.7 cm³/mol. The standard InChI is InChI=1S/C7H10O4S2/c1-10-6(8)4-5(7(9)11-2)13-3-12-4/h4-5H,3H2,1-2H3/t4-,5+. The van der Waals surface area contributed by atoms with Gasteiger partial charge in [-0.25, -0.2) is 0 Å². The molecule has 1 saturated heterocycles. The first-order valence-electron chi connectivity index (χ1n) is 3.59. The van der Waals surface area contributed by atoms with E-state index in [2.05, 4.69) is 9.47 Å². The van der Waals surface area contributed by atoms with Crippen LogP contribution in [0.25, 0.3) is 0 Å². The summed E-state index contributed by atoms with van der Waals surface area (Å²) in [5.74, 6) is -0.712. The molecule has 2 atom stereocenters. The second-order valence-corrected chi connectivity index (χ2v) is 4.96. The second kappa shape index (κ2) is 4.76. The van der Waals surface area contributed by atoms with Crippen LogP contribution < -0.4 is 0 Å². The number of methoxy groups -OCH3 is 2. The summed E-state index contributed by atoms with van der Waals surface area (Å²) in [7, 11) is 2.64. The highest BCUT2D eigenvalue weighted by Gasteiger charge is 2.40. The Balaban J connectivity index is 2.63. The van der Waals surface area contributed by atoms with Gasteiger partial charge in [0.05, 0.1) is 14.2 Å². The number of rotatable bonds is 2. The molecular formula is C7H10O4S2. The van der Waals surface area contributed by atoms with Gasteiger partial charge in [-0.3, -0.25) is 9.59 Å². The van der Waals surface area contributed by atoms with E-state index in [0.717, 1.165) is 5.08 Å². The van der Waals surface area contributed by atoms with Crippen molar-refractivity contribution >= 4 is 35.5 Å². The summed E-state index contributed by atoms with van der Waals surface area (Å²) >= 11 is 2.83. The lowest BCUT2D eigenvalue weighted by Gasteiger charge is -2.12. The first-order chi connectivity index (χ1) is 6.20. The van der Waals surface area contributed by atoms with Gasteiger partial charge in [-0.1, -0.05) is 0 Å². The van der Waals surface area contributed by atoms with E-state index in [1.54, 1.807) is 0 Å². The molecule has 1 aliphatic rings. The third kappa shape index (κ3) is 2.31. The molecule has 0 spiro atoms. The van der Waals surface area contributed by atoms with Crippen molar-refractivity contribution in [3.63, 3.8) is 0 Å². The van der Waals surface area contributed by atoms with Crippen LogP contribution in [0, 0.1) is 0 Å². The number of ether oxygens (including phenoxy) is 2. The number of hydrogen-bond acceptors (Lipinski definition) is 6. The molecule has 13 heavy (non-hydrogen) atoms. The molecule has 1 aliphatic heterocycles. The second-order valence-electron chi connectivity index (χ2n) is 2.34. The molecule has 4 nitrogen and oxygen atoms in total. The fourth-order valence-corrected chi connectivity index (χ4v) is 3.97. The van der Waals surface area contributed by atoms with E-state index < -0.39 is 10.5 Å². The number of hydrogen-bond donors (Lipinski definition) is 0. The van der Waals surface area contributed by atoms with Crippen LogP contribution in [0.1, 0.15) is 0 Å². The average Bonchev–Trinajstić information content (AvgIpc) is 2.63. The van der Waals surface area contributed by atoms with E-state index in [1.807, 2.05) is 0 Å². The Hall–Kier alpha value is -0.360. The molecular weight excluding hydrogens is 212 g/mol. The molecule has 0 bridgehead atoms. The molecule has 0 aliphatic carbocycles. The Morgan fingerprint density at radius 3 is 1.77 bits per heavy atom. The maximum absolute atomic E-state index is 11.2. The van der Waals surface area contributed by atoms with E-state index in [-0.39, 0.29) is 11.9 Å². The van der Waals surface area contributed by atoms with Crippen molar-refractivity contribution in [2.45, 2.75) is 10.5 Å². The van der Waals surface area contributed by atoms with Gasteiger partial charge in [-0.2, -0.15) is 0 Å². The zero-order chi connectivity index (χ0) is 9.84. The van der Waals surface area contributed by atoms with Gasteiger partial charge in [0.1, 0.15) is 10.5 Å². The molecule has 0 aromatic rings. The van der Waals surface area contributed by atoms with Crippen LogP contribution in [0.4, 0.5) is 0 Å². The van der Waals surface area contributed by atoms with E-state index >= 15 is 0 Å². The molecule has 0 N–H and O–H groups in total. The summed E-state index contributed by atoms with van der Waals surface area (Å²) in [5, 5.41) is -0.107. The Morgan fingerprint density at radius 2 is 1.46 bits per heavy atom. The Bertz CT molecular complexity index is 197. The summed E-state index contributed by atoms with van der Waals surface area (Å²) in [6.45, 7) is 0. The molecule has 0 unspecified atom stereocenters. The molecule has 0 aromatic carbocycles. The van der Waals surface area contributed by atoms with E-state index in [1.165, 1.54) is 37.7 Å². The minimum absolute atomic E-state index is 0.356. The van der Waals surface area contributed by atoms with Gasteiger partial charge >= 0.3 is 11.9 Å².